The van der Waals surface area contributed by atoms with Crippen LogP contribution in [0.1, 0.15) is 16.7 Å². The van der Waals surface area contributed by atoms with Gasteiger partial charge in [0, 0.05) is 10.6 Å². The van der Waals surface area contributed by atoms with E-state index >= 15 is 4.57 Å². The molecule has 0 amide bonds. The van der Waals surface area contributed by atoms with Crippen molar-refractivity contribution in [2.24, 2.45) is 0 Å². The van der Waals surface area contributed by atoms with Crippen LogP contribution in [0.2, 0.25) is 0 Å². The summed E-state index contributed by atoms with van der Waals surface area (Å²) in [7, 11) is -3.33. The molecule has 0 unspecified atom stereocenters. The van der Waals surface area contributed by atoms with Crippen LogP contribution in [-0.4, -0.2) is 0 Å². The zero-order valence-electron chi connectivity index (χ0n) is 18.3. The molecule has 0 bridgehead atoms. The number of benzene rings is 5. The van der Waals surface area contributed by atoms with Crippen molar-refractivity contribution in [2.75, 3.05) is 0 Å². The number of rotatable bonds is 6. The standard InChI is InChI=1S/C31H25OP/c32-33(29-22-12-4-13-23-29,30-24-14-5-15-25-30)31(26-16-6-1-7-17-26,27-18-8-2-9-19-27)28-20-10-3-11-21-28/h1-25H. The van der Waals surface area contributed by atoms with Crippen LogP contribution in [0.25, 0.3) is 0 Å². The highest BCUT2D eigenvalue weighted by molar-refractivity contribution is 7.80. The van der Waals surface area contributed by atoms with Gasteiger partial charge in [0.2, 0.25) is 0 Å². The first kappa shape index (κ1) is 21.2. The topological polar surface area (TPSA) is 17.1 Å². The van der Waals surface area contributed by atoms with Gasteiger partial charge in [-0.3, -0.25) is 0 Å². The summed E-state index contributed by atoms with van der Waals surface area (Å²) < 4.78 is 16.0. The van der Waals surface area contributed by atoms with Crippen LogP contribution in [0.3, 0.4) is 0 Å². The Balaban J connectivity index is 2.02. The van der Waals surface area contributed by atoms with Crippen LogP contribution >= 0.6 is 7.14 Å². The van der Waals surface area contributed by atoms with E-state index in [-0.39, 0.29) is 0 Å². The smallest absolute Gasteiger partial charge is 0.161 e. The normalized spacial score (nSPS) is 11.8. The van der Waals surface area contributed by atoms with Gasteiger partial charge in [-0.05, 0) is 16.7 Å². The monoisotopic (exact) mass is 444 g/mol. The van der Waals surface area contributed by atoms with Crippen molar-refractivity contribution in [3.63, 3.8) is 0 Å². The Morgan fingerprint density at radius 2 is 0.606 bits per heavy atom. The second kappa shape index (κ2) is 9.06. The van der Waals surface area contributed by atoms with E-state index in [1.165, 1.54) is 0 Å². The molecule has 0 atom stereocenters. The lowest BCUT2D eigenvalue weighted by atomic mass is 9.84. The second-order valence-corrected chi connectivity index (χ2v) is 11.0. The van der Waals surface area contributed by atoms with Gasteiger partial charge in [-0.15, -0.1) is 0 Å². The fraction of sp³-hybridized carbons (Fsp3) is 0.0323. The maximum absolute atomic E-state index is 16.0. The summed E-state index contributed by atoms with van der Waals surface area (Å²) >= 11 is 0. The molecule has 0 spiro atoms. The average molecular weight is 445 g/mol. The van der Waals surface area contributed by atoms with Crippen molar-refractivity contribution in [2.45, 2.75) is 5.16 Å². The Bertz CT molecular complexity index is 1210. The lowest BCUT2D eigenvalue weighted by Crippen LogP contribution is -2.38. The third-order valence-electron chi connectivity index (χ3n) is 6.29. The molecule has 5 rings (SSSR count). The zero-order chi connectivity index (χ0) is 22.6. The van der Waals surface area contributed by atoms with Gasteiger partial charge in [-0.2, -0.15) is 0 Å². The van der Waals surface area contributed by atoms with Crippen molar-refractivity contribution in [1.82, 2.24) is 0 Å². The molecule has 0 saturated carbocycles. The molecular formula is C31H25OP. The summed E-state index contributed by atoms with van der Waals surface area (Å²) in [5, 5.41) is 0.778. The molecular weight excluding hydrogens is 419 g/mol. The van der Waals surface area contributed by atoms with Gasteiger partial charge in [-0.1, -0.05) is 152 Å². The van der Waals surface area contributed by atoms with Crippen LogP contribution in [-0.2, 0) is 9.72 Å². The average Bonchev–Trinajstić information content (AvgIpc) is 2.92. The molecule has 0 radical (unpaired) electrons. The molecule has 5 aromatic carbocycles. The van der Waals surface area contributed by atoms with E-state index in [0.717, 1.165) is 27.3 Å². The summed E-state index contributed by atoms with van der Waals surface area (Å²) in [6.07, 6.45) is 0. The Kier molecular flexibility index (Phi) is 5.82. The van der Waals surface area contributed by atoms with Gasteiger partial charge in [0.05, 0.1) is 0 Å². The zero-order valence-corrected chi connectivity index (χ0v) is 19.2. The molecule has 0 aliphatic carbocycles. The highest BCUT2D eigenvalue weighted by Crippen LogP contribution is 2.67. The van der Waals surface area contributed by atoms with Crippen LogP contribution in [0.15, 0.2) is 152 Å². The fourth-order valence-corrected chi connectivity index (χ4v) is 8.69. The fourth-order valence-electron chi connectivity index (χ4n) is 4.90. The predicted molar refractivity (Wildman–Crippen MR) is 139 cm³/mol. The van der Waals surface area contributed by atoms with Crippen LogP contribution in [0.5, 0.6) is 0 Å². The van der Waals surface area contributed by atoms with Gasteiger partial charge in [0.1, 0.15) is 5.16 Å². The van der Waals surface area contributed by atoms with Gasteiger partial charge in [0.25, 0.3) is 0 Å². The molecule has 1 nitrogen and oxygen atoms in total. The second-order valence-electron chi connectivity index (χ2n) is 8.09. The minimum Gasteiger partial charge on any atom is -0.312 e. The van der Waals surface area contributed by atoms with Crippen LogP contribution in [0.4, 0.5) is 0 Å². The molecule has 0 heterocycles. The van der Waals surface area contributed by atoms with E-state index in [1.807, 2.05) is 115 Å². The van der Waals surface area contributed by atoms with E-state index in [4.69, 9.17) is 0 Å². The Hall–Kier alpha value is -3.67. The van der Waals surface area contributed by atoms with Gasteiger partial charge in [0.15, 0.2) is 7.14 Å². The lowest BCUT2D eigenvalue weighted by Gasteiger charge is -2.43. The van der Waals surface area contributed by atoms with E-state index in [1.54, 1.807) is 0 Å². The summed E-state index contributed by atoms with van der Waals surface area (Å²) in [6.45, 7) is 0. The van der Waals surface area contributed by atoms with E-state index < -0.39 is 12.3 Å². The molecule has 5 aromatic rings. The number of hydrogen-bond donors (Lipinski definition) is 0. The molecule has 160 valence electrons. The molecule has 2 heteroatoms. The SMILES string of the molecule is O=P(c1ccccc1)(c1ccccc1)C(c1ccccc1)(c1ccccc1)c1ccccc1. The first-order valence-corrected chi connectivity index (χ1v) is 12.9. The van der Waals surface area contributed by atoms with Crippen LogP contribution in [0, 0.1) is 0 Å². The molecule has 33 heavy (non-hydrogen) atoms. The maximum Gasteiger partial charge on any atom is 0.161 e. The van der Waals surface area contributed by atoms with Gasteiger partial charge in [-0.25, -0.2) is 0 Å². The van der Waals surface area contributed by atoms with Crippen molar-refractivity contribution in [3.05, 3.63) is 168 Å². The molecule has 0 aliphatic rings. The third-order valence-corrected chi connectivity index (χ3v) is 10.1. The molecule has 0 aromatic heterocycles. The molecule has 0 aliphatic heterocycles. The van der Waals surface area contributed by atoms with Crippen molar-refractivity contribution >= 4 is 17.8 Å². The molecule has 0 N–H and O–H groups in total. The van der Waals surface area contributed by atoms with E-state index in [2.05, 4.69) is 36.4 Å². The highest BCUT2D eigenvalue weighted by atomic mass is 31.2. The van der Waals surface area contributed by atoms with E-state index in [0.29, 0.717) is 0 Å². The summed E-state index contributed by atoms with van der Waals surface area (Å²) in [5.41, 5.74) is 3.04. The van der Waals surface area contributed by atoms with Crippen molar-refractivity contribution < 1.29 is 4.57 Å². The highest BCUT2D eigenvalue weighted by Gasteiger charge is 2.53. The first-order chi connectivity index (χ1) is 16.3. The summed E-state index contributed by atoms with van der Waals surface area (Å²) in [6, 6.07) is 50.9. The largest absolute Gasteiger partial charge is 0.312 e. The summed E-state index contributed by atoms with van der Waals surface area (Å²) in [5.74, 6) is 0. The molecule has 0 saturated heterocycles. The molecule has 0 fully saturated rings. The predicted octanol–water partition coefficient (Wildman–Crippen LogP) is 6.99. The van der Waals surface area contributed by atoms with Gasteiger partial charge < -0.3 is 4.57 Å². The quantitative estimate of drug-likeness (QED) is 0.204. The summed E-state index contributed by atoms with van der Waals surface area (Å²) in [4.78, 5) is 0. The minimum atomic E-state index is -3.33. The van der Waals surface area contributed by atoms with Crippen molar-refractivity contribution in [1.29, 1.82) is 0 Å². The lowest BCUT2D eigenvalue weighted by molar-refractivity contribution is 0.572. The third kappa shape index (κ3) is 3.46. The first-order valence-electron chi connectivity index (χ1n) is 11.2. The Morgan fingerprint density at radius 1 is 0.364 bits per heavy atom. The Labute approximate surface area is 195 Å². The Morgan fingerprint density at radius 3 is 0.879 bits per heavy atom. The van der Waals surface area contributed by atoms with E-state index in [9.17, 15) is 0 Å². The van der Waals surface area contributed by atoms with Crippen LogP contribution < -0.4 is 10.6 Å². The maximum atomic E-state index is 16.0. The number of hydrogen-bond acceptors (Lipinski definition) is 1. The minimum absolute atomic E-state index is 0.841. The van der Waals surface area contributed by atoms with Crippen molar-refractivity contribution in [3.8, 4) is 0 Å². The van der Waals surface area contributed by atoms with Gasteiger partial charge >= 0.3 is 0 Å².